The smallest absolute Gasteiger partial charge is 0.251 e. The third-order valence-corrected chi connectivity index (χ3v) is 2.74. The fraction of sp³-hybridized carbons (Fsp3) is 0.417. The Labute approximate surface area is 105 Å². The summed E-state index contributed by atoms with van der Waals surface area (Å²) in [4.78, 5) is 11.8. The highest BCUT2D eigenvalue weighted by Crippen LogP contribution is 2.11. The van der Waals surface area contributed by atoms with Gasteiger partial charge in [0.15, 0.2) is 0 Å². The summed E-state index contributed by atoms with van der Waals surface area (Å²) in [5.74, 6) is 0.408. The van der Waals surface area contributed by atoms with E-state index in [4.69, 9.17) is 0 Å². The van der Waals surface area contributed by atoms with E-state index in [9.17, 15) is 4.79 Å². The zero-order valence-corrected chi connectivity index (χ0v) is 11.2. The lowest BCUT2D eigenvalue weighted by Crippen LogP contribution is -2.32. The Kier molecular flexibility index (Phi) is 5.49. The SMILES string of the molecule is CNCC(C)CNC(=O)c1cccc(Br)c1. The molecule has 1 atom stereocenters. The second kappa shape index (κ2) is 6.66. The molecule has 1 rings (SSSR count). The summed E-state index contributed by atoms with van der Waals surface area (Å²) in [5, 5.41) is 5.99. The maximum absolute atomic E-state index is 11.8. The van der Waals surface area contributed by atoms with Crippen molar-refractivity contribution in [2.75, 3.05) is 20.1 Å². The van der Waals surface area contributed by atoms with E-state index in [1.807, 2.05) is 31.3 Å². The van der Waals surface area contributed by atoms with E-state index in [1.165, 1.54) is 0 Å². The molecule has 0 heterocycles. The van der Waals surface area contributed by atoms with Gasteiger partial charge in [0.25, 0.3) is 5.91 Å². The third-order valence-electron chi connectivity index (χ3n) is 2.25. The van der Waals surface area contributed by atoms with Gasteiger partial charge in [0.1, 0.15) is 0 Å². The second-order valence-corrected chi connectivity index (χ2v) is 4.80. The standard InChI is InChI=1S/C12H17BrN2O/c1-9(7-14-2)8-15-12(16)10-4-3-5-11(13)6-10/h3-6,9,14H,7-8H2,1-2H3,(H,15,16). The van der Waals surface area contributed by atoms with Crippen molar-refractivity contribution in [1.29, 1.82) is 0 Å². The average molecular weight is 285 g/mol. The first-order valence-electron chi connectivity index (χ1n) is 5.32. The van der Waals surface area contributed by atoms with Crippen LogP contribution in [0.2, 0.25) is 0 Å². The fourth-order valence-electron chi connectivity index (χ4n) is 1.42. The van der Waals surface area contributed by atoms with Gasteiger partial charge in [-0.2, -0.15) is 0 Å². The molecule has 88 valence electrons. The Bertz CT molecular complexity index is 355. The van der Waals surface area contributed by atoms with Crippen LogP contribution in [0.1, 0.15) is 17.3 Å². The van der Waals surface area contributed by atoms with Crippen LogP contribution >= 0.6 is 15.9 Å². The van der Waals surface area contributed by atoms with Gasteiger partial charge in [0.05, 0.1) is 0 Å². The van der Waals surface area contributed by atoms with Gasteiger partial charge in [-0.3, -0.25) is 4.79 Å². The van der Waals surface area contributed by atoms with Crippen molar-refractivity contribution in [2.45, 2.75) is 6.92 Å². The average Bonchev–Trinajstić information content (AvgIpc) is 2.26. The van der Waals surface area contributed by atoms with Gasteiger partial charge in [0, 0.05) is 16.6 Å². The van der Waals surface area contributed by atoms with Crippen molar-refractivity contribution < 1.29 is 4.79 Å². The lowest BCUT2D eigenvalue weighted by Gasteiger charge is -2.11. The maximum Gasteiger partial charge on any atom is 0.251 e. The predicted molar refractivity (Wildman–Crippen MR) is 69.6 cm³/mol. The van der Waals surface area contributed by atoms with Crippen molar-refractivity contribution in [1.82, 2.24) is 10.6 Å². The highest BCUT2D eigenvalue weighted by atomic mass is 79.9. The molecule has 0 bridgehead atoms. The highest BCUT2D eigenvalue weighted by Gasteiger charge is 2.07. The number of benzene rings is 1. The van der Waals surface area contributed by atoms with Crippen molar-refractivity contribution in [3.8, 4) is 0 Å². The molecule has 16 heavy (non-hydrogen) atoms. The van der Waals surface area contributed by atoms with Gasteiger partial charge in [-0.1, -0.05) is 28.9 Å². The van der Waals surface area contributed by atoms with Crippen LogP contribution in [-0.2, 0) is 0 Å². The molecule has 1 amide bonds. The van der Waals surface area contributed by atoms with E-state index in [-0.39, 0.29) is 5.91 Å². The molecule has 0 aliphatic heterocycles. The van der Waals surface area contributed by atoms with Crippen molar-refractivity contribution in [3.05, 3.63) is 34.3 Å². The Morgan fingerprint density at radius 3 is 2.81 bits per heavy atom. The van der Waals surface area contributed by atoms with Gasteiger partial charge in [-0.25, -0.2) is 0 Å². The quantitative estimate of drug-likeness (QED) is 0.869. The van der Waals surface area contributed by atoms with Crippen LogP contribution in [0.4, 0.5) is 0 Å². The van der Waals surface area contributed by atoms with Crippen LogP contribution < -0.4 is 10.6 Å². The number of halogens is 1. The molecule has 2 N–H and O–H groups in total. The summed E-state index contributed by atoms with van der Waals surface area (Å²) in [6, 6.07) is 7.39. The zero-order chi connectivity index (χ0) is 12.0. The van der Waals surface area contributed by atoms with E-state index < -0.39 is 0 Å². The summed E-state index contributed by atoms with van der Waals surface area (Å²) in [7, 11) is 1.91. The van der Waals surface area contributed by atoms with E-state index in [0.717, 1.165) is 11.0 Å². The molecule has 1 aromatic carbocycles. The predicted octanol–water partition coefficient (Wildman–Crippen LogP) is 2.03. The number of hydrogen-bond acceptors (Lipinski definition) is 2. The van der Waals surface area contributed by atoms with Gasteiger partial charge >= 0.3 is 0 Å². The van der Waals surface area contributed by atoms with Crippen LogP contribution in [0.25, 0.3) is 0 Å². The number of amides is 1. The Morgan fingerprint density at radius 1 is 1.44 bits per heavy atom. The van der Waals surface area contributed by atoms with Crippen LogP contribution in [0.15, 0.2) is 28.7 Å². The molecule has 0 saturated carbocycles. The second-order valence-electron chi connectivity index (χ2n) is 3.88. The summed E-state index contributed by atoms with van der Waals surface area (Å²) in [5.41, 5.74) is 0.686. The third kappa shape index (κ3) is 4.33. The molecule has 1 aromatic rings. The van der Waals surface area contributed by atoms with Gasteiger partial charge in [0.2, 0.25) is 0 Å². The normalized spacial score (nSPS) is 12.2. The molecule has 0 aliphatic carbocycles. The summed E-state index contributed by atoms with van der Waals surface area (Å²) in [6.45, 7) is 3.68. The largest absolute Gasteiger partial charge is 0.352 e. The van der Waals surface area contributed by atoms with Crippen molar-refractivity contribution >= 4 is 21.8 Å². The minimum Gasteiger partial charge on any atom is -0.352 e. The van der Waals surface area contributed by atoms with Crippen LogP contribution in [0.3, 0.4) is 0 Å². The Hall–Kier alpha value is -0.870. The molecular weight excluding hydrogens is 268 g/mol. The summed E-state index contributed by atoms with van der Waals surface area (Å²) < 4.78 is 0.920. The number of carbonyl (C=O) groups is 1. The van der Waals surface area contributed by atoms with E-state index in [1.54, 1.807) is 0 Å². The molecule has 0 fully saturated rings. The first kappa shape index (κ1) is 13.2. The first-order valence-corrected chi connectivity index (χ1v) is 6.11. The fourth-order valence-corrected chi connectivity index (χ4v) is 1.82. The van der Waals surface area contributed by atoms with Gasteiger partial charge in [-0.05, 0) is 37.7 Å². The molecule has 0 radical (unpaired) electrons. The van der Waals surface area contributed by atoms with E-state index in [0.29, 0.717) is 18.0 Å². The minimum atomic E-state index is -0.0238. The summed E-state index contributed by atoms with van der Waals surface area (Å²) >= 11 is 3.35. The molecule has 0 aromatic heterocycles. The van der Waals surface area contributed by atoms with Crippen molar-refractivity contribution in [3.63, 3.8) is 0 Å². The molecule has 0 spiro atoms. The number of nitrogens with one attached hydrogen (secondary N) is 2. The zero-order valence-electron chi connectivity index (χ0n) is 9.59. The van der Waals surface area contributed by atoms with E-state index >= 15 is 0 Å². The molecule has 4 heteroatoms. The number of hydrogen-bond donors (Lipinski definition) is 2. The highest BCUT2D eigenvalue weighted by molar-refractivity contribution is 9.10. The number of carbonyl (C=O) groups excluding carboxylic acids is 1. The summed E-state index contributed by atoms with van der Waals surface area (Å²) in [6.07, 6.45) is 0. The van der Waals surface area contributed by atoms with Gasteiger partial charge in [-0.15, -0.1) is 0 Å². The molecule has 0 saturated heterocycles. The molecule has 3 nitrogen and oxygen atoms in total. The van der Waals surface area contributed by atoms with E-state index in [2.05, 4.69) is 33.5 Å². The van der Waals surface area contributed by atoms with Crippen LogP contribution in [0.5, 0.6) is 0 Å². The van der Waals surface area contributed by atoms with Crippen LogP contribution in [0, 0.1) is 5.92 Å². The topological polar surface area (TPSA) is 41.1 Å². The van der Waals surface area contributed by atoms with Crippen molar-refractivity contribution in [2.24, 2.45) is 5.92 Å². The maximum atomic E-state index is 11.8. The Morgan fingerprint density at radius 2 is 2.19 bits per heavy atom. The van der Waals surface area contributed by atoms with Gasteiger partial charge < -0.3 is 10.6 Å². The minimum absolute atomic E-state index is 0.0238. The monoisotopic (exact) mass is 284 g/mol. The van der Waals surface area contributed by atoms with Crippen LogP contribution in [-0.4, -0.2) is 26.0 Å². The molecule has 1 unspecified atom stereocenters. The number of rotatable bonds is 5. The lowest BCUT2D eigenvalue weighted by atomic mass is 10.1. The molecule has 0 aliphatic rings. The first-order chi connectivity index (χ1) is 7.63. The Balaban J connectivity index is 2.47. The molecular formula is C12H17BrN2O. The lowest BCUT2D eigenvalue weighted by molar-refractivity contribution is 0.0948.